The molecule has 0 atom stereocenters. The highest BCUT2D eigenvalue weighted by atomic mass is 32.1. The van der Waals surface area contributed by atoms with Crippen molar-refractivity contribution in [3.63, 3.8) is 0 Å². The Bertz CT molecular complexity index is 726. The van der Waals surface area contributed by atoms with Crippen molar-refractivity contribution < 1.29 is 18.3 Å². The summed E-state index contributed by atoms with van der Waals surface area (Å²) in [5.41, 5.74) is 1.16. The summed E-state index contributed by atoms with van der Waals surface area (Å²) in [6, 6.07) is 8.91. The third kappa shape index (κ3) is 4.79. The second kappa shape index (κ2) is 8.44. The SMILES string of the molecule is COc1ccc(CCNC(=S)Nc2ccc(F)cc2F)cc1OC. The summed E-state index contributed by atoms with van der Waals surface area (Å²) in [5.74, 6) is -0.00770. The molecule has 0 saturated heterocycles. The van der Waals surface area contributed by atoms with Gasteiger partial charge in [-0.15, -0.1) is 0 Å². The molecule has 0 aromatic heterocycles. The molecular formula is C17H18F2N2O2S. The van der Waals surface area contributed by atoms with Crippen molar-refractivity contribution >= 4 is 23.0 Å². The monoisotopic (exact) mass is 352 g/mol. The Morgan fingerprint density at radius 2 is 1.79 bits per heavy atom. The number of ether oxygens (including phenoxy) is 2. The first-order valence-corrected chi connectivity index (χ1v) is 7.65. The van der Waals surface area contributed by atoms with Crippen LogP contribution in [0.3, 0.4) is 0 Å². The summed E-state index contributed by atoms with van der Waals surface area (Å²) in [6.45, 7) is 0.546. The average molecular weight is 352 g/mol. The van der Waals surface area contributed by atoms with Gasteiger partial charge in [-0.2, -0.15) is 0 Å². The summed E-state index contributed by atoms with van der Waals surface area (Å²) in [7, 11) is 3.16. The van der Waals surface area contributed by atoms with Crippen molar-refractivity contribution in [2.75, 3.05) is 26.1 Å². The second-order valence-electron chi connectivity index (χ2n) is 4.94. The first-order chi connectivity index (χ1) is 11.5. The molecule has 0 aliphatic heterocycles. The van der Waals surface area contributed by atoms with Crippen LogP contribution in [0.4, 0.5) is 14.5 Å². The van der Waals surface area contributed by atoms with E-state index in [1.165, 1.54) is 6.07 Å². The molecule has 2 rings (SSSR count). The molecule has 0 aliphatic rings. The summed E-state index contributed by atoms with van der Waals surface area (Å²) in [5, 5.41) is 5.94. The number of hydrogen-bond donors (Lipinski definition) is 2. The van der Waals surface area contributed by atoms with Crippen LogP contribution >= 0.6 is 12.2 Å². The van der Waals surface area contributed by atoms with Crippen molar-refractivity contribution in [3.05, 3.63) is 53.6 Å². The number of thiocarbonyl (C=S) groups is 1. The van der Waals surface area contributed by atoms with E-state index in [1.807, 2.05) is 18.2 Å². The number of hydrogen-bond acceptors (Lipinski definition) is 3. The minimum atomic E-state index is -0.695. The lowest BCUT2D eigenvalue weighted by molar-refractivity contribution is 0.354. The first-order valence-electron chi connectivity index (χ1n) is 7.24. The Hall–Kier alpha value is -2.41. The van der Waals surface area contributed by atoms with E-state index in [1.54, 1.807) is 14.2 Å². The van der Waals surface area contributed by atoms with Gasteiger partial charge in [-0.3, -0.25) is 0 Å². The fraction of sp³-hybridized carbons (Fsp3) is 0.235. The molecular weight excluding hydrogens is 334 g/mol. The van der Waals surface area contributed by atoms with E-state index in [-0.39, 0.29) is 10.8 Å². The van der Waals surface area contributed by atoms with Crippen LogP contribution in [0.15, 0.2) is 36.4 Å². The molecule has 2 aromatic rings. The van der Waals surface area contributed by atoms with Crippen LogP contribution < -0.4 is 20.1 Å². The highest BCUT2D eigenvalue weighted by Gasteiger charge is 2.07. The van der Waals surface area contributed by atoms with Crippen LogP contribution in [0, 0.1) is 11.6 Å². The van der Waals surface area contributed by atoms with Crippen LogP contribution in [0.2, 0.25) is 0 Å². The molecule has 0 unspecified atom stereocenters. The molecule has 7 heteroatoms. The van der Waals surface area contributed by atoms with Crippen molar-refractivity contribution in [2.45, 2.75) is 6.42 Å². The molecule has 0 radical (unpaired) electrons. The van der Waals surface area contributed by atoms with Crippen LogP contribution in [-0.4, -0.2) is 25.9 Å². The van der Waals surface area contributed by atoms with Crippen LogP contribution in [0.5, 0.6) is 11.5 Å². The van der Waals surface area contributed by atoms with Gasteiger partial charge >= 0.3 is 0 Å². The molecule has 0 aliphatic carbocycles. The molecule has 24 heavy (non-hydrogen) atoms. The Kier molecular flexibility index (Phi) is 6.31. The fourth-order valence-electron chi connectivity index (χ4n) is 2.11. The van der Waals surface area contributed by atoms with Gasteiger partial charge in [0.05, 0.1) is 19.9 Å². The van der Waals surface area contributed by atoms with Crippen LogP contribution in [-0.2, 0) is 6.42 Å². The smallest absolute Gasteiger partial charge is 0.170 e. The quantitative estimate of drug-likeness (QED) is 0.779. The molecule has 2 aromatic carbocycles. The van der Waals surface area contributed by atoms with Gasteiger partial charge in [0.25, 0.3) is 0 Å². The van der Waals surface area contributed by atoms with Crippen LogP contribution in [0.25, 0.3) is 0 Å². The van der Waals surface area contributed by atoms with Crippen molar-refractivity contribution in [2.24, 2.45) is 0 Å². The minimum Gasteiger partial charge on any atom is -0.493 e. The predicted octanol–water partition coefficient (Wildman–Crippen LogP) is 3.51. The minimum absolute atomic E-state index is 0.125. The number of benzene rings is 2. The molecule has 0 bridgehead atoms. The maximum absolute atomic E-state index is 13.5. The Morgan fingerprint density at radius 3 is 2.46 bits per heavy atom. The number of rotatable bonds is 6. The van der Waals surface area contributed by atoms with E-state index in [9.17, 15) is 8.78 Å². The number of anilines is 1. The molecule has 0 saturated carbocycles. The lowest BCUT2D eigenvalue weighted by Gasteiger charge is -2.12. The van der Waals surface area contributed by atoms with E-state index in [0.717, 1.165) is 17.7 Å². The van der Waals surface area contributed by atoms with Gasteiger partial charge < -0.3 is 20.1 Å². The molecule has 128 valence electrons. The maximum atomic E-state index is 13.5. The zero-order chi connectivity index (χ0) is 17.5. The van der Waals surface area contributed by atoms with Gasteiger partial charge in [0.2, 0.25) is 0 Å². The highest BCUT2D eigenvalue weighted by molar-refractivity contribution is 7.80. The summed E-state index contributed by atoms with van der Waals surface area (Å²) < 4.78 is 36.8. The number of nitrogens with one attached hydrogen (secondary N) is 2. The molecule has 0 fully saturated rings. The van der Waals surface area contributed by atoms with Crippen molar-refractivity contribution in [1.29, 1.82) is 0 Å². The first kappa shape index (κ1) is 17.9. The van der Waals surface area contributed by atoms with Gasteiger partial charge in [0.1, 0.15) is 11.6 Å². The van der Waals surface area contributed by atoms with E-state index in [0.29, 0.717) is 24.5 Å². The highest BCUT2D eigenvalue weighted by Crippen LogP contribution is 2.27. The lowest BCUT2D eigenvalue weighted by Crippen LogP contribution is -2.30. The van der Waals surface area contributed by atoms with Gasteiger partial charge in [-0.05, 0) is 48.5 Å². The van der Waals surface area contributed by atoms with E-state index < -0.39 is 11.6 Å². The molecule has 4 nitrogen and oxygen atoms in total. The normalized spacial score (nSPS) is 10.2. The molecule has 2 N–H and O–H groups in total. The van der Waals surface area contributed by atoms with Crippen LogP contribution in [0.1, 0.15) is 5.56 Å². The summed E-state index contributed by atoms with van der Waals surface area (Å²) in [6.07, 6.45) is 0.689. The molecule has 0 amide bonds. The van der Waals surface area contributed by atoms with Gasteiger partial charge in [-0.1, -0.05) is 6.07 Å². The average Bonchev–Trinajstić information content (AvgIpc) is 2.57. The molecule has 0 heterocycles. The second-order valence-corrected chi connectivity index (χ2v) is 5.35. The Morgan fingerprint density at radius 1 is 1.04 bits per heavy atom. The number of halogens is 2. The van der Waals surface area contributed by atoms with Gasteiger partial charge in [0.15, 0.2) is 16.6 Å². The Balaban J connectivity index is 1.86. The maximum Gasteiger partial charge on any atom is 0.170 e. The zero-order valence-corrected chi connectivity index (χ0v) is 14.2. The molecule has 0 spiro atoms. The Labute approximate surface area is 144 Å². The van der Waals surface area contributed by atoms with Gasteiger partial charge in [0, 0.05) is 12.6 Å². The largest absolute Gasteiger partial charge is 0.493 e. The van der Waals surface area contributed by atoms with E-state index >= 15 is 0 Å². The summed E-state index contributed by atoms with van der Waals surface area (Å²) in [4.78, 5) is 0. The van der Waals surface area contributed by atoms with E-state index in [4.69, 9.17) is 21.7 Å². The lowest BCUT2D eigenvalue weighted by atomic mass is 10.1. The standard InChI is InChI=1S/C17H18F2N2O2S/c1-22-15-6-3-11(9-16(15)23-2)7-8-20-17(24)21-14-5-4-12(18)10-13(14)19/h3-6,9-10H,7-8H2,1-2H3,(H2,20,21,24). The van der Waals surface area contributed by atoms with Crippen molar-refractivity contribution in [3.8, 4) is 11.5 Å². The summed E-state index contributed by atoms with van der Waals surface area (Å²) >= 11 is 5.10. The van der Waals surface area contributed by atoms with Gasteiger partial charge in [-0.25, -0.2) is 8.78 Å². The predicted molar refractivity (Wildman–Crippen MR) is 93.8 cm³/mol. The van der Waals surface area contributed by atoms with Crippen molar-refractivity contribution in [1.82, 2.24) is 5.32 Å². The number of methoxy groups -OCH3 is 2. The van der Waals surface area contributed by atoms with E-state index in [2.05, 4.69) is 10.6 Å². The topological polar surface area (TPSA) is 42.5 Å². The third-order valence-corrected chi connectivity index (χ3v) is 3.57. The fourth-order valence-corrected chi connectivity index (χ4v) is 2.33. The third-order valence-electron chi connectivity index (χ3n) is 3.33. The zero-order valence-electron chi connectivity index (χ0n) is 13.4.